The predicted octanol–water partition coefficient (Wildman–Crippen LogP) is 3.84. The average Bonchev–Trinajstić information content (AvgIpc) is 2.54. The van der Waals surface area contributed by atoms with Crippen molar-refractivity contribution < 1.29 is 4.79 Å². The number of piperidine rings is 1. The van der Waals surface area contributed by atoms with Crippen LogP contribution in [0.15, 0.2) is 24.3 Å². The van der Waals surface area contributed by atoms with Crippen molar-refractivity contribution in [3.63, 3.8) is 0 Å². The Labute approximate surface area is 128 Å². The largest absolute Gasteiger partial charge is 0.374 e. The minimum atomic E-state index is -0.149. The van der Waals surface area contributed by atoms with E-state index in [-0.39, 0.29) is 11.9 Å². The van der Waals surface area contributed by atoms with Gasteiger partial charge in [-0.1, -0.05) is 25.5 Å². The molecular formula is C18H28N2O. The molecule has 1 saturated heterocycles. The Morgan fingerprint density at radius 3 is 2.48 bits per heavy atom. The van der Waals surface area contributed by atoms with Gasteiger partial charge < -0.3 is 10.2 Å². The van der Waals surface area contributed by atoms with E-state index in [1.807, 2.05) is 11.8 Å². The number of amides is 1. The first kappa shape index (κ1) is 15.9. The van der Waals surface area contributed by atoms with E-state index in [1.165, 1.54) is 24.8 Å². The second-order valence-corrected chi connectivity index (χ2v) is 6.05. The number of benzene rings is 1. The molecule has 3 nitrogen and oxygen atoms in total. The molecule has 116 valence electrons. The van der Waals surface area contributed by atoms with E-state index in [1.54, 1.807) is 0 Å². The number of carbonyl (C=O) groups excluding carboxylic acids is 1. The summed E-state index contributed by atoms with van der Waals surface area (Å²) in [5.74, 6) is 0.227. The highest BCUT2D eigenvalue weighted by molar-refractivity contribution is 5.84. The van der Waals surface area contributed by atoms with Crippen LogP contribution >= 0.6 is 0 Å². The Morgan fingerprint density at radius 2 is 1.86 bits per heavy atom. The molecule has 0 radical (unpaired) electrons. The lowest BCUT2D eigenvalue weighted by atomic mass is 10.1. The third-order valence-corrected chi connectivity index (χ3v) is 4.19. The molecule has 0 spiro atoms. The van der Waals surface area contributed by atoms with Crippen molar-refractivity contribution in [3.8, 4) is 0 Å². The fraction of sp³-hybridized carbons (Fsp3) is 0.611. The summed E-state index contributed by atoms with van der Waals surface area (Å²) < 4.78 is 0. The lowest BCUT2D eigenvalue weighted by Gasteiger charge is -2.29. The zero-order valence-electron chi connectivity index (χ0n) is 13.4. The van der Waals surface area contributed by atoms with Crippen molar-refractivity contribution in [1.29, 1.82) is 0 Å². The van der Waals surface area contributed by atoms with Crippen LogP contribution in [0, 0.1) is 0 Å². The quantitative estimate of drug-likeness (QED) is 0.862. The maximum Gasteiger partial charge on any atom is 0.244 e. The molecule has 1 aliphatic rings. The van der Waals surface area contributed by atoms with E-state index in [0.29, 0.717) is 0 Å². The van der Waals surface area contributed by atoms with E-state index in [2.05, 4.69) is 36.5 Å². The maximum atomic E-state index is 12.4. The third-order valence-electron chi connectivity index (χ3n) is 4.19. The van der Waals surface area contributed by atoms with E-state index in [9.17, 15) is 4.79 Å². The molecule has 1 fully saturated rings. The number of hydrogen-bond donors (Lipinski definition) is 1. The number of nitrogens with one attached hydrogen (secondary N) is 1. The summed E-state index contributed by atoms with van der Waals surface area (Å²) in [5, 5.41) is 3.33. The zero-order chi connectivity index (χ0) is 15.1. The summed E-state index contributed by atoms with van der Waals surface area (Å²) in [6.07, 6.45) is 7.14. The third kappa shape index (κ3) is 4.76. The highest BCUT2D eigenvalue weighted by atomic mass is 16.2. The van der Waals surface area contributed by atoms with Gasteiger partial charge >= 0.3 is 0 Å². The molecule has 1 amide bonds. The van der Waals surface area contributed by atoms with Gasteiger partial charge in [0, 0.05) is 18.8 Å². The Balaban J connectivity index is 1.86. The van der Waals surface area contributed by atoms with Crippen molar-refractivity contribution in [1.82, 2.24) is 4.90 Å². The molecule has 1 aromatic carbocycles. The molecule has 1 heterocycles. The van der Waals surface area contributed by atoms with Gasteiger partial charge in [-0.25, -0.2) is 0 Å². The molecule has 1 N–H and O–H groups in total. The Hall–Kier alpha value is -1.51. The number of hydrogen-bond acceptors (Lipinski definition) is 2. The summed E-state index contributed by atoms with van der Waals surface area (Å²) in [5.41, 5.74) is 2.41. The fourth-order valence-corrected chi connectivity index (χ4v) is 2.85. The predicted molar refractivity (Wildman–Crippen MR) is 88.6 cm³/mol. The number of nitrogens with zero attached hydrogens (tertiary/aromatic N) is 1. The molecule has 0 saturated carbocycles. The SMILES string of the molecule is CCCCc1ccc(NC(C)C(=O)N2CCCCC2)cc1. The van der Waals surface area contributed by atoms with Crippen LogP contribution in [0.5, 0.6) is 0 Å². The minimum absolute atomic E-state index is 0.149. The summed E-state index contributed by atoms with van der Waals surface area (Å²) in [7, 11) is 0. The molecule has 0 aliphatic carbocycles. The molecule has 1 aliphatic heterocycles. The van der Waals surface area contributed by atoms with Gasteiger partial charge in [-0.15, -0.1) is 0 Å². The molecule has 1 aromatic rings. The molecule has 2 rings (SSSR count). The number of carbonyl (C=O) groups is 1. The molecule has 0 bridgehead atoms. The first-order valence-corrected chi connectivity index (χ1v) is 8.35. The van der Waals surface area contributed by atoms with Crippen LogP contribution in [-0.4, -0.2) is 29.9 Å². The number of unbranched alkanes of at least 4 members (excludes halogenated alkanes) is 1. The highest BCUT2D eigenvalue weighted by Crippen LogP contribution is 2.15. The molecule has 0 aromatic heterocycles. The lowest BCUT2D eigenvalue weighted by Crippen LogP contribution is -2.43. The first-order chi connectivity index (χ1) is 10.2. The number of likely N-dealkylation sites (tertiary alicyclic amines) is 1. The molecule has 21 heavy (non-hydrogen) atoms. The van der Waals surface area contributed by atoms with E-state index in [0.717, 1.165) is 38.0 Å². The van der Waals surface area contributed by atoms with Gasteiger partial charge in [0.1, 0.15) is 6.04 Å². The summed E-state index contributed by atoms with van der Waals surface area (Å²) in [4.78, 5) is 14.4. The summed E-state index contributed by atoms with van der Waals surface area (Å²) >= 11 is 0. The molecule has 1 atom stereocenters. The van der Waals surface area contributed by atoms with Gasteiger partial charge in [0.2, 0.25) is 5.91 Å². The maximum absolute atomic E-state index is 12.4. The van der Waals surface area contributed by atoms with Gasteiger partial charge in [-0.2, -0.15) is 0 Å². The summed E-state index contributed by atoms with van der Waals surface area (Å²) in [6.45, 7) is 6.01. The van der Waals surface area contributed by atoms with Crippen LogP contribution in [-0.2, 0) is 11.2 Å². The standard InChI is InChI=1S/C18H28N2O/c1-3-4-8-16-9-11-17(12-10-16)19-15(2)18(21)20-13-6-5-7-14-20/h9-12,15,19H,3-8,13-14H2,1-2H3. The average molecular weight is 288 g/mol. The topological polar surface area (TPSA) is 32.3 Å². The molecular weight excluding hydrogens is 260 g/mol. The number of rotatable bonds is 6. The Bertz CT molecular complexity index is 435. The Kier molecular flexibility index (Phi) is 6.09. The van der Waals surface area contributed by atoms with Crippen molar-refractivity contribution >= 4 is 11.6 Å². The van der Waals surface area contributed by atoms with E-state index < -0.39 is 0 Å². The smallest absolute Gasteiger partial charge is 0.244 e. The van der Waals surface area contributed by atoms with Crippen LogP contribution in [0.3, 0.4) is 0 Å². The fourth-order valence-electron chi connectivity index (χ4n) is 2.85. The van der Waals surface area contributed by atoms with Crippen LogP contribution in [0.1, 0.15) is 51.5 Å². The van der Waals surface area contributed by atoms with Crippen molar-refractivity contribution in [3.05, 3.63) is 29.8 Å². The minimum Gasteiger partial charge on any atom is -0.374 e. The van der Waals surface area contributed by atoms with Crippen molar-refractivity contribution in [2.75, 3.05) is 18.4 Å². The van der Waals surface area contributed by atoms with Crippen molar-refractivity contribution in [2.24, 2.45) is 0 Å². The Morgan fingerprint density at radius 1 is 1.19 bits per heavy atom. The van der Waals surface area contributed by atoms with Crippen LogP contribution in [0.2, 0.25) is 0 Å². The van der Waals surface area contributed by atoms with E-state index in [4.69, 9.17) is 0 Å². The van der Waals surface area contributed by atoms with Gasteiger partial charge in [-0.05, 0) is 56.7 Å². The summed E-state index contributed by atoms with van der Waals surface area (Å²) in [6, 6.07) is 8.35. The molecule has 1 unspecified atom stereocenters. The van der Waals surface area contributed by atoms with Gasteiger partial charge in [0.05, 0.1) is 0 Å². The van der Waals surface area contributed by atoms with Crippen LogP contribution in [0.4, 0.5) is 5.69 Å². The van der Waals surface area contributed by atoms with Crippen LogP contribution < -0.4 is 5.32 Å². The normalized spacial score (nSPS) is 16.6. The van der Waals surface area contributed by atoms with Gasteiger partial charge in [0.25, 0.3) is 0 Å². The lowest BCUT2D eigenvalue weighted by molar-refractivity contribution is -0.132. The number of anilines is 1. The zero-order valence-corrected chi connectivity index (χ0v) is 13.4. The molecule has 3 heteroatoms. The second kappa shape index (κ2) is 8.06. The van der Waals surface area contributed by atoms with E-state index >= 15 is 0 Å². The first-order valence-electron chi connectivity index (χ1n) is 8.35. The second-order valence-electron chi connectivity index (χ2n) is 6.05. The van der Waals surface area contributed by atoms with Gasteiger partial charge in [0.15, 0.2) is 0 Å². The van der Waals surface area contributed by atoms with Crippen LogP contribution in [0.25, 0.3) is 0 Å². The number of aryl methyl sites for hydroxylation is 1. The monoisotopic (exact) mass is 288 g/mol. The van der Waals surface area contributed by atoms with Crippen molar-refractivity contribution in [2.45, 2.75) is 58.4 Å². The highest BCUT2D eigenvalue weighted by Gasteiger charge is 2.21. The van der Waals surface area contributed by atoms with Gasteiger partial charge in [-0.3, -0.25) is 4.79 Å².